The van der Waals surface area contributed by atoms with Crippen LogP contribution in [0.1, 0.15) is 0 Å². The summed E-state index contributed by atoms with van der Waals surface area (Å²) in [5.74, 6) is 1.13. The summed E-state index contributed by atoms with van der Waals surface area (Å²) in [5.41, 5.74) is 17.9. The molecular weight excluding hydrogens is 833 g/mol. The molecule has 68 heavy (non-hydrogen) atoms. The zero-order chi connectivity index (χ0) is 45.2. The Kier molecular flexibility index (Phi) is 10.4. The van der Waals surface area contributed by atoms with Crippen molar-refractivity contribution in [3.05, 3.63) is 255 Å². The Morgan fingerprint density at radius 2 is 0.500 bits per heavy atom. The summed E-state index contributed by atoms with van der Waals surface area (Å²) >= 11 is 0. The molecule has 322 valence electrons. The minimum absolute atomic E-state index is 0.566. The van der Waals surface area contributed by atoms with Gasteiger partial charge in [0, 0.05) is 45.3 Å². The minimum Gasteiger partial charge on any atom is -0.436 e. The monoisotopic (exact) mass is 874 g/mol. The number of nitrogens with zero attached hydrogens (tertiary/aromatic N) is 4. The summed E-state index contributed by atoms with van der Waals surface area (Å²) in [5, 5.41) is 0. The highest BCUT2D eigenvalue weighted by Crippen LogP contribution is 2.39. The molecular formula is C62H42N4O2. The zero-order valence-corrected chi connectivity index (χ0v) is 36.9. The third kappa shape index (κ3) is 7.97. The van der Waals surface area contributed by atoms with Crippen LogP contribution in [0.3, 0.4) is 0 Å². The molecule has 0 unspecified atom stereocenters. The zero-order valence-electron chi connectivity index (χ0n) is 36.9. The van der Waals surface area contributed by atoms with Crippen LogP contribution in [0.4, 0.5) is 34.1 Å². The van der Waals surface area contributed by atoms with Gasteiger partial charge in [-0.2, -0.15) is 0 Å². The maximum Gasteiger partial charge on any atom is 0.227 e. The van der Waals surface area contributed by atoms with E-state index in [0.717, 1.165) is 67.4 Å². The van der Waals surface area contributed by atoms with Crippen LogP contribution in [-0.4, -0.2) is 9.97 Å². The van der Waals surface area contributed by atoms with Gasteiger partial charge in [-0.3, -0.25) is 0 Å². The molecule has 0 aliphatic rings. The predicted octanol–water partition coefficient (Wildman–Crippen LogP) is 17.2. The van der Waals surface area contributed by atoms with Crippen LogP contribution in [0.15, 0.2) is 264 Å². The molecule has 2 aromatic heterocycles. The van der Waals surface area contributed by atoms with Crippen molar-refractivity contribution >= 4 is 56.3 Å². The molecule has 0 radical (unpaired) electrons. The lowest BCUT2D eigenvalue weighted by Gasteiger charge is -2.25. The third-order valence-corrected chi connectivity index (χ3v) is 12.3. The summed E-state index contributed by atoms with van der Waals surface area (Å²) < 4.78 is 12.9. The first-order chi connectivity index (χ1) is 33.7. The molecule has 6 heteroatoms. The summed E-state index contributed by atoms with van der Waals surface area (Å²) in [6.07, 6.45) is 0. The van der Waals surface area contributed by atoms with Crippen molar-refractivity contribution in [3.8, 4) is 56.3 Å². The molecule has 0 aliphatic heterocycles. The van der Waals surface area contributed by atoms with E-state index in [4.69, 9.17) is 18.8 Å². The Hall–Kier alpha value is -9.26. The number of rotatable bonds is 11. The molecule has 0 saturated carbocycles. The van der Waals surface area contributed by atoms with Crippen molar-refractivity contribution in [2.45, 2.75) is 0 Å². The molecule has 0 fully saturated rings. The molecule has 0 amide bonds. The molecule has 12 rings (SSSR count). The lowest BCUT2D eigenvalue weighted by atomic mass is 10.0. The Labute approximate surface area is 394 Å². The van der Waals surface area contributed by atoms with E-state index in [2.05, 4.69) is 216 Å². The van der Waals surface area contributed by atoms with Gasteiger partial charge in [0.15, 0.2) is 11.2 Å². The fourth-order valence-electron chi connectivity index (χ4n) is 8.88. The average molecular weight is 875 g/mol. The number of anilines is 6. The summed E-state index contributed by atoms with van der Waals surface area (Å²) in [4.78, 5) is 14.3. The fourth-order valence-corrected chi connectivity index (χ4v) is 8.88. The maximum atomic E-state index is 6.43. The van der Waals surface area contributed by atoms with Crippen LogP contribution >= 0.6 is 0 Å². The van der Waals surface area contributed by atoms with Crippen LogP contribution < -0.4 is 9.80 Å². The molecule has 0 bridgehead atoms. The van der Waals surface area contributed by atoms with E-state index >= 15 is 0 Å². The van der Waals surface area contributed by atoms with Gasteiger partial charge in [-0.15, -0.1) is 0 Å². The van der Waals surface area contributed by atoms with Crippen molar-refractivity contribution in [2.75, 3.05) is 9.80 Å². The highest BCUT2D eigenvalue weighted by molar-refractivity contribution is 5.88. The standard InChI is InChI=1S/C62H42N4O2/c1-5-13-43(14-6-1)45-21-31-53(32-22-45)65(51-17-9-3-10-18-51)55-35-25-47(26-36-55)61-63-57-39-29-49(41-59(57)67-61)50-30-40-58-60(42-50)68-62(64-58)48-27-37-56(38-28-48)66(52-19-11-4-12-20-52)54-33-23-46(24-34-54)44-15-7-2-8-16-44/h1-42H. The second-order valence-electron chi connectivity index (χ2n) is 16.7. The fraction of sp³-hybridized carbons (Fsp3) is 0. The molecule has 0 spiro atoms. The number of hydrogen-bond acceptors (Lipinski definition) is 6. The second-order valence-corrected chi connectivity index (χ2v) is 16.7. The number of hydrogen-bond donors (Lipinski definition) is 0. The highest BCUT2D eigenvalue weighted by Gasteiger charge is 2.18. The van der Waals surface area contributed by atoms with Crippen LogP contribution in [-0.2, 0) is 0 Å². The third-order valence-electron chi connectivity index (χ3n) is 12.3. The van der Waals surface area contributed by atoms with Crippen molar-refractivity contribution in [3.63, 3.8) is 0 Å². The molecule has 12 aromatic rings. The normalized spacial score (nSPS) is 11.2. The molecule has 10 aromatic carbocycles. The molecule has 0 N–H and O–H groups in total. The minimum atomic E-state index is 0.566. The summed E-state index contributed by atoms with van der Waals surface area (Å²) in [7, 11) is 0. The van der Waals surface area contributed by atoms with E-state index < -0.39 is 0 Å². The molecule has 2 heterocycles. The SMILES string of the molecule is c1ccc(-c2ccc(N(c3ccccc3)c3ccc(-c4nc5ccc(-c6ccc7nc(-c8ccc(N(c9ccccc9)c9ccc(-c%10ccccc%10)cc9)cc8)oc7c6)cc5o4)cc3)cc2)cc1. The van der Waals surface area contributed by atoms with Gasteiger partial charge in [0.1, 0.15) is 11.0 Å². The van der Waals surface area contributed by atoms with Crippen molar-refractivity contribution < 1.29 is 8.83 Å². The predicted molar refractivity (Wildman–Crippen MR) is 278 cm³/mol. The number of oxazole rings is 2. The summed E-state index contributed by atoms with van der Waals surface area (Å²) in [6.45, 7) is 0. The Morgan fingerprint density at radius 1 is 0.235 bits per heavy atom. The largest absolute Gasteiger partial charge is 0.436 e. The van der Waals surface area contributed by atoms with Gasteiger partial charge in [0.05, 0.1) is 0 Å². The van der Waals surface area contributed by atoms with Crippen LogP contribution in [0, 0.1) is 0 Å². The summed E-state index contributed by atoms with van der Waals surface area (Å²) in [6, 6.07) is 88.2. The smallest absolute Gasteiger partial charge is 0.227 e. The van der Waals surface area contributed by atoms with Gasteiger partial charge in [-0.25, -0.2) is 9.97 Å². The van der Waals surface area contributed by atoms with E-state index in [-0.39, 0.29) is 0 Å². The molecule has 0 saturated heterocycles. The van der Waals surface area contributed by atoms with Gasteiger partial charge >= 0.3 is 0 Å². The number of benzene rings is 10. The van der Waals surface area contributed by atoms with E-state index in [1.54, 1.807) is 0 Å². The first kappa shape index (κ1) is 40.3. The maximum absolute atomic E-state index is 6.43. The lowest BCUT2D eigenvalue weighted by molar-refractivity contribution is 0.619. The van der Waals surface area contributed by atoms with Gasteiger partial charge in [0.25, 0.3) is 0 Å². The number of para-hydroxylation sites is 2. The van der Waals surface area contributed by atoms with Crippen LogP contribution in [0.25, 0.3) is 78.5 Å². The van der Waals surface area contributed by atoms with Crippen molar-refractivity contribution in [1.29, 1.82) is 0 Å². The van der Waals surface area contributed by atoms with E-state index in [1.165, 1.54) is 22.3 Å². The molecule has 0 atom stereocenters. The van der Waals surface area contributed by atoms with Gasteiger partial charge in [-0.1, -0.05) is 133 Å². The Bertz CT molecular complexity index is 3380. The van der Waals surface area contributed by atoms with Crippen LogP contribution in [0.5, 0.6) is 0 Å². The molecule has 0 aliphatic carbocycles. The Morgan fingerprint density at radius 3 is 0.838 bits per heavy atom. The van der Waals surface area contributed by atoms with E-state index in [1.807, 2.05) is 48.5 Å². The van der Waals surface area contributed by atoms with Gasteiger partial charge in [-0.05, 0) is 155 Å². The van der Waals surface area contributed by atoms with Crippen molar-refractivity contribution in [2.24, 2.45) is 0 Å². The van der Waals surface area contributed by atoms with Gasteiger partial charge < -0.3 is 18.6 Å². The first-order valence-corrected chi connectivity index (χ1v) is 22.7. The number of aromatic nitrogens is 2. The van der Waals surface area contributed by atoms with Crippen molar-refractivity contribution in [1.82, 2.24) is 9.97 Å². The highest BCUT2D eigenvalue weighted by atomic mass is 16.4. The lowest BCUT2D eigenvalue weighted by Crippen LogP contribution is -2.09. The molecule has 6 nitrogen and oxygen atoms in total. The first-order valence-electron chi connectivity index (χ1n) is 22.7. The van der Waals surface area contributed by atoms with E-state index in [0.29, 0.717) is 22.9 Å². The number of fused-ring (bicyclic) bond motifs is 2. The topological polar surface area (TPSA) is 58.5 Å². The van der Waals surface area contributed by atoms with Crippen LogP contribution in [0.2, 0.25) is 0 Å². The van der Waals surface area contributed by atoms with Gasteiger partial charge in [0.2, 0.25) is 11.8 Å². The average Bonchev–Trinajstić information content (AvgIpc) is 4.05. The Balaban J connectivity index is 0.784. The quantitative estimate of drug-likeness (QED) is 0.129. The second kappa shape index (κ2) is 17.6. The van der Waals surface area contributed by atoms with E-state index in [9.17, 15) is 0 Å².